The van der Waals surface area contributed by atoms with Gasteiger partial charge in [0.15, 0.2) is 12.4 Å². The molecule has 7 heteroatoms. The Labute approximate surface area is 175 Å². The molecule has 0 atom stereocenters. The van der Waals surface area contributed by atoms with E-state index >= 15 is 0 Å². The molecule has 1 amide bonds. The van der Waals surface area contributed by atoms with Crippen LogP contribution in [0.3, 0.4) is 0 Å². The van der Waals surface area contributed by atoms with E-state index in [1.165, 1.54) is 6.07 Å². The van der Waals surface area contributed by atoms with E-state index in [1.807, 2.05) is 26.0 Å². The van der Waals surface area contributed by atoms with E-state index in [4.69, 9.17) is 9.47 Å². The van der Waals surface area contributed by atoms with Crippen molar-refractivity contribution >= 4 is 29.3 Å². The van der Waals surface area contributed by atoms with Crippen LogP contribution in [-0.2, 0) is 19.1 Å². The van der Waals surface area contributed by atoms with Gasteiger partial charge in [-0.05, 0) is 44.5 Å². The van der Waals surface area contributed by atoms with Crippen molar-refractivity contribution in [2.45, 2.75) is 33.6 Å². The van der Waals surface area contributed by atoms with Gasteiger partial charge in [0.1, 0.15) is 0 Å². The molecule has 0 saturated heterocycles. The van der Waals surface area contributed by atoms with Crippen molar-refractivity contribution in [3.63, 3.8) is 0 Å². The average Bonchev–Trinajstić information content (AvgIpc) is 2.72. The number of ketones is 1. The number of esters is 2. The molecule has 0 aliphatic carbocycles. The number of ether oxygens (including phenoxy) is 2. The van der Waals surface area contributed by atoms with Gasteiger partial charge in [-0.25, -0.2) is 4.79 Å². The summed E-state index contributed by atoms with van der Waals surface area (Å²) in [6, 6.07) is 11.9. The molecule has 0 heterocycles. The summed E-state index contributed by atoms with van der Waals surface area (Å²) in [5.74, 6) is -1.96. The van der Waals surface area contributed by atoms with E-state index in [0.29, 0.717) is 5.56 Å². The molecular weight excluding hydrogens is 386 g/mol. The number of para-hydroxylation sites is 1. The molecule has 1 N–H and O–H groups in total. The van der Waals surface area contributed by atoms with Gasteiger partial charge in [-0.2, -0.15) is 0 Å². The zero-order chi connectivity index (χ0) is 22.1. The van der Waals surface area contributed by atoms with Gasteiger partial charge in [-0.15, -0.1) is 0 Å². The number of nitrogens with one attached hydrogen (secondary N) is 1. The summed E-state index contributed by atoms with van der Waals surface area (Å²) in [5, 5.41) is 2.53. The fourth-order valence-corrected chi connectivity index (χ4v) is 2.77. The van der Waals surface area contributed by atoms with Gasteiger partial charge in [0.05, 0.1) is 24.3 Å². The largest absolute Gasteiger partial charge is 0.462 e. The van der Waals surface area contributed by atoms with Crippen LogP contribution in [0, 0.1) is 13.8 Å². The van der Waals surface area contributed by atoms with Crippen LogP contribution in [0.5, 0.6) is 0 Å². The van der Waals surface area contributed by atoms with Crippen molar-refractivity contribution in [3.8, 4) is 0 Å². The first-order valence-corrected chi connectivity index (χ1v) is 9.64. The Morgan fingerprint density at radius 2 is 1.63 bits per heavy atom. The van der Waals surface area contributed by atoms with Gasteiger partial charge >= 0.3 is 11.9 Å². The highest BCUT2D eigenvalue weighted by atomic mass is 16.5. The van der Waals surface area contributed by atoms with E-state index in [9.17, 15) is 19.2 Å². The molecule has 0 radical (unpaired) electrons. The Morgan fingerprint density at radius 1 is 0.900 bits per heavy atom. The fraction of sp³-hybridized carbons (Fsp3) is 0.304. The lowest BCUT2D eigenvalue weighted by molar-refractivity contribution is -0.147. The minimum absolute atomic E-state index is 0.00353. The van der Waals surface area contributed by atoms with Crippen LogP contribution in [0.4, 0.5) is 5.69 Å². The van der Waals surface area contributed by atoms with E-state index in [2.05, 4.69) is 5.32 Å². The third kappa shape index (κ3) is 6.55. The number of aryl methyl sites for hydroxylation is 2. The topological polar surface area (TPSA) is 98.8 Å². The number of hydrogen-bond donors (Lipinski definition) is 1. The zero-order valence-corrected chi connectivity index (χ0v) is 17.3. The smallest absolute Gasteiger partial charge is 0.340 e. The first-order valence-electron chi connectivity index (χ1n) is 9.64. The maximum Gasteiger partial charge on any atom is 0.340 e. The molecule has 2 aromatic rings. The Hall–Kier alpha value is -3.48. The predicted molar refractivity (Wildman–Crippen MR) is 111 cm³/mol. The summed E-state index contributed by atoms with van der Waals surface area (Å²) in [6.07, 6.45) is -0.130. The lowest BCUT2D eigenvalue weighted by Crippen LogP contribution is -2.22. The normalized spacial score (nSPS) is 10.2. The van der Waals surface area contributed by atoms with Crippen LogP contribution in [0.2, 0.25) is 0 Å². The molecule has 0 aliphatic heterocycles. The van der Waals surface area contributed by atoms with Crippen LogP contribution < -0.4 is 5.32 Å². The minimum atomic E-state index is -0.650. The quantitative estimate of drug-likeness (QED) is 0.500. The Morgan fingerprint density at radius 3 is 2.37 bits per heavy atom. The molecule has 30 heavy (non-hydrogen) atoms. The fourth-order valence-electron chi connectivity index (χ4n) is 2.77. The number of hydrogen-bond acceptors (Lipinski definition) is 6. The van der Waals surface area contributed by atoms with Crippen LogP contribution in [0.25, 0.3) is 0 Å². The second kappa shape index (κ2) is 10.9. The van der Waals surface area contributed by atoms with Crippen molar-refractivity contribution < 1.29 is 28.7 Å². The van der Waals surface area contributed by atoms with E-state index in [0.717, 1.165) is 11.1 Å². The van der Waals surface area contributed by atoms with Crippen molar-refractivity contribution in [3.05, 3.63) is 64.7 Å². The second-order valence-electron chi connectivity index (χ2n) is 6.72. The minimum Gasteiger partial charge on any atom is -0.462 e. The van der Waals surface area contributed by atoms with Crippen molar-refractivity contribution in [2.75, 3.05) is 18.5 Å². The molecule has 0 aromatic heterocycles. The molecule has 0 bridgehead atoms. The summed E-state index contributed by atoms with van der Waals surface area (Å²) in [4.78, 5) is 48.3. The summed E-state index contributed by atoms with van der Waals surface area (Å²) in [7, 11) is 0. The molecule has 2 rings (SSSR count). The maximum atomic E-state index is 12.3. The first-order chi connectivity index (χ1) is 14.3. The molecule has 2 aromatic carbocycles. The van der Waals surface area contributed by atoms with E-state index < -0.39 is 24.5 Å². The molecule has 0 unspecified atom stereocenters. The molecule has 158 valence electrons. The maximum absolute atomic E-state index is 12.3. The number of Topliss-reactive ketones (excluding diaryl/α,β-unsaturated/α-hetero) is 1. The highest BCUT2D eigenvalue weighted by Crippen LogP contribution is 2.17. The number of benzene rings is 2. The standard InChI is InChI=1S/C23H25NO6/c1-4-29-23(28)17-7-5-6-8-19(17)24-21(26)14-30-22(27)12-11-20(25)18-13-15(2)9-10-16(18)3/h5-10,13H,4,11-12,14H2,1-3H3,(H,24,26). The number of carbonyl (C=O) groups is 4. The Balaban J connectivity index is 1.84. The highest BCUT2D eigenvalue weighted by molar-refractivity contribution is 6.02. The van der Waals surface area contributed by atoms with Gasteiger partial charge < -0.3 is 14.8 Å². The Bertz CT molecular complexity index is 950. The van der Waals surface area contributed by atoms with Crippen LogP contribution in [0.15, 0.2) is 42.5 Å². The highest BCUT2D eigenvalue weighted by Gasteiger charge is 2.16. The van der Waals surface area contributed by atoms with Crippen molar-refractivity contribution in [1.82, 2.24) is 0 Å². The predicted octanol–water partition coefficient (Wildman–Crippen LogP) is 3.62. The van der Waals surface area contributed by atoms with E-state index in [-0.39, 0.29) is 36.5 Å². The van der Waals surface area contributed by atoms with Gasteiger partial charge in [-0.3, -0.25) is 14.4 Å². The summed E-state index contributed by atoms with van der Waals surface area (Å²) < 4.78 is 9.89. The molecule has 0 aliphatic rings. The first kappa shape index (κ1) is 22.8. The number of carbonyl (C=O) groups excluding carboxylic acids is 4. The molecule has 0 saturated carbocycles. The second-order valence-corrected chi connectivity index (χ2v) is 6.72. The van der Waals surface area contributed by atoms with Crippen LogP contribution in [0.1, 0.15) is 51.6 Å². The molecular formula is C23H25NO6. The van der Waals surface area contributed by atoms with Gasteiger partial charge in [-0.1, -0.05) is 29.8 Å². The van der Waals surface area contributed by atoms with Crippen LogP contribution in [-0.4, -0.2) is 36.8 Å². The molecule has 7 nitrogen and oxygen atoms in total. The number of anilines is 1. The number of rotatable bonds is 9. The van der Waals surface area contributed by atoms with Gasteiger partial charge in [0, 0.05) is 12.0 Å². The summed E-state index contributed by atoms with van der Waals surface area (Å²) in [5.41, 5.74) is 2.86. The summed E-state index contributed by atoms with van der Waals surface area (Å²) >= 11 is 0. The van der Waals surface area contributed by atoms with Crippen molar-refractivity contribution in [1.29, 1.82) is 0 Å². The molecule has 0 spiro atoms. The third-order valence-electron chi connectivity index (χ3n) is 4.31. The molecule has 0 fully saturated rings. The SMILES string of the molecule is CCOC(=O)c1ccccc1NC(=O)COC(=O)CCC(=O)c1cc(C)ccc1C. The van der Waals surface area contributed by atoms with Crippen LogP contribution >= 0.6 is 0 Å². The van der Waals surface area contributed by atoms with Gasteiger partial charge in [0.2, 0.25) is 0 Å². The third-order valence-corrected chi connectivity index (χ3v) is 4.31. The lowest BCUT2D eigenvalue weighted by Gasteiger charge is -2.10. The monoisotopic (exact) mass is 411 g/mol. The van der Waals surface area contributed by atoms with Crippen molar-refractivity contribution in [2.24, 2.45) is 0 Å². The average molecular weight is 411 g/mol. The van der Waals surface area contributed by atoms with Gasteiger partial charge in [0.25, 0.3) is 5.91 Å². The zero-order valence-electron chi connectivity index (χ0n) is 17.3. The Kier molecular flexibility index (Phi) is 8.29. The van der Waals surface area contributed by atoms with E-state index in [1.54, 1.807) is 31.2 Å². The lowest BCUT2D eigenvalue weighted by atomic mass is 9.99. The number of amides is 1. The summed E-state index contributed by atoms with van der Waals surface area (Å²) in [6.45, 7) is 5.10.